The fourth-order valence-corrected chi connectivity index (χ4v) is 2.13. The van der Waals surface area contributed by atoms with Crippen molar-refractivity contribution in [2.45, 2.75) is 32.6 Å². The van der Waals surface area contributed by atoms with Crippen LogP contribution in [0.3, 0.4) is 0 Å². The van der Waals surface area contributed by atoms with Crippen molar-refractivity contribution >= 4 is 5.91 Å². The number of hydrogen-bond acceptors (Lipinski definition) is 3. The molecule has 1 saturated carbocycles. The van der Waals surface area contributed by atoms with Crippen molar-refractivity contribution in [1.82, 2.24) is 9.88 Å². The molecule has 0 radical (unpaired) electrons. The number of carbonyl (C=O) groups excluding carboxylic acids is 1. The lowest BCUT2D eigenvalue weighted by atomic mass is 10.2. The third-order valence-electron chi connectivity index (χ3n) is 3.41. The van der Waals surface area contributed by atoms with Crippen molar-refractivity contribution in [3.63, 3.8) is 0 Å². The number of aliphatic hydroxyl groups excluding tert-OH is 1. The summed E-state index contributed by atoms with van der Waals surface area (Å²) in [5, 5.41) is 8.68. The molecule has 1 aliphatic rings. The average molecular weight is 286 g/mol. The third kappa shape index (κ3) is 4.87. The van der Waals surface area contributed by atoms with E-state index in [9.17, 15) is 4.79 Å². The largest absolute Gasteiger partial charge is 0.395 e. The van der Waals surface area contributed by atoms with Gasteiger partial charge in [-0.15, -0.1) is 0 Å². The van der Waals surface area contributed by atoms with E-state index >= 15 is 0 Å². The number of nitrogens with zero attached hydrogens (tertiary/aromatic N) is 2. The second kappa shape index (κ2) is 7.80. The van der Waals surface area contributed by atoms with E-state index in [-0.39, 0.29) is 12.5 Å². The van der Waals surface area contributed by atoms with Crippen LogP contribution in [0.15, 0.2) is 18.3 Å². The zero-order valence-electron chi connectivity index (χ0n) is 12.5. The number of hydrogen-bond donors (Lipinski definition) is 1. The van der Waals surface area contributed by atoms with Crippen molar-refractivity contribution < 1.29 is 9.90 Å². The maximum atomic E-state index is 12.5. The summed E-state index contributed by atoms with van der Waals surface area (Å²) < 4.78 is 0. The van der Waals surface area contributed by atoms with Crippen molar-refractivity contribution in [1.29, 1.82) is 0 Å². The summed E-state index contributed by atoms with van der Waals surface area (Å²) in [7, 11) is 0. The highest BCUT2D eigenvalue weighted by Gasteiger charge is 2.27. The highest BCUT2D eigenvalue weighted by Crippen LogP contribution is 2.30. The molecule has 0 aliphatic heterocycles. The number of aromatic nitrogens is 1. The highest BCUT2D eigenvalue weighted by molar-refractivity contribution is 5.92. The lowest BCUT2D eigenvalue weighted by Gasteiger charge is -2.21. The van der Waals surface area contributed by atoms with Crippen LogP contribution in [0.5, 0.6) is 0 Å². The van der Waals surface area contributed by atoms with Gasteiger partial charge in [0, 0.05) is 31.3 Å². The van der Waals surface area contributed by atoms with Gasteiger partial charge in [0.2, 0.25) is 0 Å². The van der Waals surface area contributed by atoms with Gasteiger partial charge in [0.25, 0.3) is 5.91 Å². The van der Waals surface area contributed by atoms with Gasteiger partial charge in [-0.3, -0.25) is 4.79 Å². The molecule has 0 bridgehead atoms. The van der Waals surface area contributed by atoms with Crippen LogP contribution in [-0.4, -0.2) is 40.6 Å². The van der Waals surface area contributed by atoms with Crippen molar-refractivity contribution in [2.75, 3.05) is 19.7 Å². The molecule has 0 aromatic carbocycles. The lowest BCUT2D eigenvalue weighted by molar-refractivity contribution is 0.0742. The quantitative estimate of drug-likeness (QED) is 0.815. The zero-order valence-corrected chi connectivity index (χ0v) is 12.5. The molecule has 1 heterocycles. The van der Waals surface area contributed by atoms with E-state index in [0.29, 0.717) is 18.0 Å². The van der Waals surface area contributed by atoms with Crippen LogP contribution in [0, 0.1) is 17.8 Å². The molecule has 0 unspecified atom stereocenters. The van der Waals surface area contributed by atoms with Gasteiger partial charge in [0.05, 0.1) is 6.61 Å². The van der Waals surface area contributed by atoms with Crippen LogP contribution in [0.2, 0.25) is 0 Å². The molecule has 0 spiro atoms. The monoisotopic (exact) mass is 286 g/mol. The molecular formula is C17H22N2O2. The first-order chi connectivity index (χ1) is 10.2. The molecule has 1 N–H and O–H groups in total. The second-order valence-corrected chi connectivity index (χ2v) is 5.40. The van der Waals surface area contributed by atoms with Crippen LogP contribution in [0.1, 0.15) is 48.7 Å². The fourth-order valence-electron chi connectivity index (χ4n) is 2.13. The van der Waals surface area contributed by atoms with Gasteiger partial charge < -0.3 is 10.0 Å². The summed E-state index contributed by atoms with van der Waals surface area (Å²) in [6.45, 7) is 3.78. The van der Waals surface area contributed by atoms with Gasteiger partial charge in [-0.25, -0.2) is 4.98 Å². The molecule has 1 aliphatic carbocycles. The Bertz CT molecular complexity index is 524. The summed E-state index contributed by atoms with van der Waals surface area (Å²) in [5.41, 5.74) is 1.25. The number of rotatable bonds is 6. The molecule has 4 nitrogen and oxygen atoms in total. The maximum absolute atomic E-state index is 12.5. The van der Waals surface area contributed by atoms with Crippen LogP contribution in [0.4, 0.5) is 0 Å². The minimum atomic E-state index is 0.0126. The minimum absolute atomic E-state index is 0.0126. The SMILES string of the molecule is CCCN(CC1CC1)C(=O)c1ccc(C#CCCO)cn1. The summed E-state index contributed by atoms with van der Waals surface area (Å²) in [4.78, 5) is 18.6. The van der Waals surface area contributed by atoms with E-state index < -0.39 is 0 Å². The first-order valence-corrected chi connectivity index (χ1v) is 7.59. The normalized spacial score (nSPS) is 13.4. The summed E-state index contributed by atoms with van der Waals surface area (Å²) in [5.74, 6) is 6.45. The molecule has 4 heteroatoms. The van der Waals surface area contributed by atoms with Gasteiger partial charge in [-0.05, 0) is 37.3 Å². The molecule has 0 atom stereocenters. The maximum Gasteiger partial charge on any atom is 0.272 e. The molecule has 1 aromatic rings. The van der Waals surface area contributed by atoms with Crippen molar-refractivity contribution in [2.24, 2.45) is 5.92 Å². The fraction of sp³-hybridized carbons (Fsp3) is 0.529. The Morgan fingerprint density at radius 1 is 1.48 bits per heavy atom. The van der Waals surface area contributed by atoms with Gasteiger partial charge in [0.1, 0.15) is 5.69 Å². The predicted octanol–water partition coefficient (Wildman–Crippen LogP) is 2.08. The van der Waals surface area contributed by atoms with E-state index in [1.165, 1.54) is 12.8 Å². The molecule has 0 saturated heterocycles. The Labute approximate surface area is 126 Å². The van der Waals surface area contributed by atoms with Crippen LogP contribution >= 0.6 is 0 Å². The number of carbonyl (C=O) groups is 1. The zero-order chi connectivity index (χ0) is 15.1. The molecule has 2 rings (SSSR count). The predicted molar refractivity (Wildman–Crippen MR) is 81.7 cm³/mol. The van der Waals surface area contributed by atoms with E-state index in [4.69, 9.17) is 5.11 Å². The average Bonchev–Trinajstić information content (AvgIpc) is 3.31. The molecule has 1 fully saturated rings. The first-order valence-electron chi connectivity index (χ1n) is 7.59. The topological polar surface area (TPSA) is 53.4 Å². The molecule has 1 amide bonds. The highest BCUT2D eigenvalue weighted by atomic mass is 16.2. The second-order valence-electron chi connectivity index (χ2n) is 5.40. The molecule has 1 aromatic heterocycles. The standard InChI is InChI=1S/C17H22N2O2/c1-2-10-19(13-15-6-7-15)17(21)16-9-8-14(12-18-16)5-3-4-11-20/h8-9,12,15,20H,2,4,6-7,10-11,13H2,1H3. The van der Waals surface area contributed by atoms with Gasteiger partial charge in [0.15, 0.2) is 0 Å². The first kappa shape index (κ1) is 15.5. The number of pyridine rings is 1. The molecular weight excluding hydrogens is 264 g/mol. The van der Waals surface area contributed by atoms with Gasteiger partial charge >= 0.3 is 0 Å². The summed E-state index contributed by atoms with van der Waals surface area (Å²) >= 11 is 0. The Morgan fingerprint density at radius 3 is 2.86 bits per heavy atom. The van der Waals surface area contributed by atoms with E-state index in [0.717, 1.165) is 25.1 Å². The van der Waals surface area contributed by atoms with Crippen LogP contribution in [-0.2, 0) is 0 Å². The van der Waals surface area contributed by atoms with Crippen molar-refractivity contribution in [3.8, 4) is 11.8 Å². The Balaban J connectivity index is 2.01. The van der Waals surface area contributed by atoms with Crippen molar-refractivity contribution in [3.05, 3.63) is 29.6 Å². The molecule has 21 heavy (non-hydrogen) atoms. The van der Waals surface area contributed by atoms with E-state index in [1.54, 1.807) is 12.3 Å². The lowest BCUT2D eigenvalue weighted by Crippen LogP contribution is -2.34. The van der Waals surface area contributed by atoms with Gasteiger partial charge in [-0.2, -0.15) is 0 Å². The number of amides is 1. The number of aliphatic hydroxyl groups is 1. The third-order valence-corrected chi connectivity index (χ3v) is 3.41. The van der Waals surface area contributed by atoms with Crippen LogP contribution < -0.4 is 0 Å². The Morgan fingerprint density at radius 2 is 2.29 bits per heavy atom. The minimum Gasteiger partial charge on any atom is -0.395 e. The van der Waals surface area contributed by atoms with Crippen LogP contribution in [0.25, 0.3) is 0 Å². The van der Waals surface area contributed by atoms with Gasteiger partial charge in [-0.1, -0.05) is 18.8 Å². The Kier molecular flexibility index (Phi) is 5.77. The Hall–Kier alpha value is -1.86. The summed E-state index contributed by atoms with van der Waals surface area (Å²) in [6, 6.07) is 3.55. The van der Waals surface area contributed by atoms with E-state index in [1.807, 2.05) is 11.0 Å². The van der Waals surface area contributed by atoms with E-state index in [2.05, 4.69) is 23.7 Å². The molecule has 112 valence electrons. The summed E-state index contributed by atoms with van der Waals surface area (Å²) in [6.07, 6.45) is 5.51. The smallest absolute Gasteiger partial charge is 0.272 e.